The van der Waals surface area contributed by atoms with Gasteiger partial charge in [0.15, 0.2) is 0 Å². The molecule has 2 aromatic rings. The maximum Gasteiger partial charge on any atom is 0.309 e. The summed E-state index contributed by atoms with van der Waals surface area (Å²) in [6.45, 7) is 10.9. The van der Waals surface area contributed by atoms with Crippen LogP contribution in [0.3, 0.4) is 0 Å². The first-order chi connectivity index (χ1) is 12.4. The number of benzene rings is 2. The van der Waals surface area contributed by atoms with Gasteiger partial charge in [0.1, 0.15) is 6.10 Å². The Balaban J connectivity index is 0.000000190. The highest BCUT2D eigenvalue weighted by molar-refractivity contribution is 5.75. The van der Waals surface area contributed by atoms with Crippen LogP contribution in [0.15, 0.2) is 60.7 Å². The van der Waals surface area contributed by atoms with E-state index < -0.39 is 0 Å². The standard InChI is InChI=1S/C12H14O2.C12H18/c1-8-9(2)12(13)14-11(8)10-6-4-3-5-7-10;1-10(2)11(3)9-12-7-5-4-6-8-12/h3-9,11H,1-2H3;4-8,10-11H,9H2,1-3H3/t8-,9-,11?;11-/m01/s1. The Labute approximate surface area is 158 Å². The van der Waals surface area contributed by atoms with Crippen molar-refractivity contribution in [1.82, 2.24) is 0 Å². The first-order valence-corrected chi connectivity index (χ1v) is 9.69. The molecule has 0 amide bonds. The van der Waals surface area contributed by atoms with Crippen LogP contribution in [0.25, 0.3) is 0 Å². The van der Waals surface area contributed by atoms with Gasteiger partial charge in [0.25, 0.3) is 0 Å². The Morgan fingerprint density at radius 3 is 1.88 bits per heavy atom. The van der Waals surface area contributed by atoms with Crippen molar-refractivity contribution in [2.75, 3.05) is 0 Å². The molecule has 0 spiro atoms. The highest BCUT2D eigenvalue weighted by Gasteiger charge is 2.39. The van der Waals surface area contributed by atoms with Gasteiger partial charge in [-0.1, -0.05) is 95.3 Å². The maximum atomic E-state index is 11.3. The molecular formula is C24H32O2. The van der Waals surface area contributed by atoms with Crippen LogP contribution in [-0.2, 0) is 16.0 Å². The van der Waals surface area contributed by atoms with E-state index in [0.717, 1.165) is 17.4 Å². The van der Waals surface area contributed by atoms with Gasteiger partial charge in [0.05, 0.1) is 5.92 Å². The Kier molecular flexibility index (Phi) is 7.44. The van der Waals surface area contributed by atoms with Crippen molar-refractivity contribution >= 4 is 5.97 Å². The van der Waals surface area contributed by atoms with Gasteiger partial charge in [-0.05, 0) is 29.4 Å². The Hall–Kier alpha value is -2.09. The molecule has 2 aromatic carbocycles. The van der Waals surface area contributed by atoms with Crippen molar-refractivity contribution in [3.05, 3.63) is 71.8 Å². The molecule has 1 heterocycles. The first-order valence-electron chi connectivity index (χ1n) is 9.69. The molecule has 3 rings (SSSR count). The molecule has 0 aliphatic carbocycles. The molecule has 1 fully saturated rings. The molecule has 4 atom stereocenters. The second kappa shape index (κ2) is 9.56. The van der Waals surface area contributed by atoms with Crippen LogP contribution in [0.4, 0.5) is 0 Å². The van der Waals surface area contributed by atoms with Crippen LogP contribution in [0.5, 0.6) is 0 Å². The van der Waals surface area contributed by atoms with E-state index in [1.807, 2.05) is 37.3 Å². The summed E-state index contributed by atoms with van der Waals surface area (Å²) in [5, 5.41) is 0. The number of hydrogen-bond acceptors (Lipinski definition) is 2. The largest absolute Gasteiger partial charge is 0.457 e. The highest BCUT2D eigenvalue weighted by Crippen LogP contribution is 2.38. The molecule has 26 heavy (non-hydrogen) atoms. The van der Waals surface area contributed by atoms with Gasteiger partial charge in [-0.2, -0.15) is 0 Å². The van der Waals surface area contributed by atoms with Gasteiger partial charge >= 0.3 is 5.97 Å². The van der Waals surface area contributed by atoms with Crippen molar-refractivity contribution in [2.45, 2.75) is 47.1 Å². The van der Waals surface area contributed by atoms with Gasteiger partial charge < -0.3 is 4.74 Å². The molecule has 0 aromatic heterocycles. The molecule has 2 nitrogen and oxygen atoms in total. The lowest BCUT2D eigenvalue weighted by Crippen LogP contribution is -2.09. The summed E-state index contributed by atoms with van der Waals surface area (Å²) in [6.07, 6.45) is 1.15. The van der Waals surface area contributed by atoms with E-state index in [-0.39, 0.29) is 23.9 Å². The van der Waals surface area contributed by atoms with Crippen LogP contribution in [0.1, 0.15) is 51.8 Å². The summed E-state index contributed by atoms with van der Waals surface area (Å²) in [7, 11) is 0. The fourth-order valence-corrected chi connectivity index (χ4v) is 3.05. The van der Waals surface area contributed by atoms with Crippen LogP contribution >= 0.6 is 0 Å². The lowest BCUT2D eigenvalue weighted by Gasteiger charge is -2.14. The van der Waals surface area contributed by atoms with E-state index in [1.54, 1.807) is 0 Å². The SMILES string of the molecule is CC(C)[C@H](C)Cc1ccccc1.C[C@@H]1C(=O)OC(c2ccccc2)[C@H]1C. The lowest BCUT2D eigenvalue weighted by molar-refractivity contribution is -0.144. The molecule has 0 radical (unpaired) electrons. The van der Waals surface area contributed by atoms with E-state index >= 15 is 0 Å². The van der Waals surface area contributed by atoms with E-state index in [9.17, 15) is 4.79 Å². The minimum absolute atomic E-state index is 0.0141. The number of esters is 1. The van der Waals surface area contributed by atoms with Gasteiger partial charge in [0, 0.05) is 5.92 Å². The fraction of sp³-hybridized carbons (Fsp3) is 0.458. The zero-order valence-corrected chi connectivity index (χ0v) is 16.7. The smallest absolute Gasteiger partial charge is 0.309 e. The van der Waals surface area contributed by atoms with Crippen molar-refractivity contribution in [1.29, 1.82) is 0 Å². The first kappa shape index (κ1) is 20.2. The fourth-order valence-electron chi connectivity index (χ4n) is 3.05. The summed E-state index contributed by atoms with van der Waals surface area (Å²) in [5.74, 6) is 1.77. The monoisotopic (exact) mass is 352 g/mol. The third-order valence-electron chi connectivity index (χ3n) is 5.55. The number of cyclic esters (lactones) is 1. The normalized spacial score (nSPS) is 23.2. The number of carbonyl (C=O) groups is 1. The minimum Gasteiger partial charge on any atom is -0.457 e. The van der Waals surface area contributed by atoms with Gasteiger partial charge in [-0.15, -0.1) is 0 Å². The van der Waals surface area contributed by atoms with Crippen LogP contribution < -0.4 is 0 Å². The molecule has 2 heteroatoms. The second-order valence-electron chi connectivity index (χ2n) is 7.83. The molecule has 1 aliphatic heterocycles. The van der Waals surface area contributed by atoms with E-state index in [0.29, 0.717) is 0 Å². The molecule has 140 valence electrons. The summed E-state index contributed by atoms with van der Waals surface area (Å²) in [6, 6.07) is 20.6. The molecule has 1 unspecified atom stereocenters. The zero-order chi connectivity index (χ0) is 19.1. The second-order valence-corrected chi connectivity index (χ2v) is 7.83. The van der Waals surface area contributed by atoms with Crippen molar-refractivity contribution in [3.8, 4) is 0 Å². The summed E-state index contributed by atoms with van der Waals surface area (Å²) in [4.78, 5) is 11.3. The third kappa shape index (κ3) is 5.45. The molecule has 1 saturated heterocycles. The number of rotatable bonds is 4. The predicted molar refractivity (Wildman–Crippen MR) is 108 cm³/mol. The third-order valence-corrected chi connectivity index (χ3v) is 5.55. The number of ether oxygens (including phenoxy) is 1. The van der Waals surface area contributed by atoms with E-state index in [2.05, 4.69) is 58.0 Å². The Morgan fingerprint density at radius 2 is 1.42 bits per heavy atom. The Bertz CT molecular complexity index is 663. The quantitative estimate of drug-likeness (QED) is 0.623. The van der Waals surface area contributed by atoms with Gasteiger partial charge in [0.2, 0.25) is 0 Å². The molecule has 0 N–H and O–H groups in total. The molecule has 0 bridgehead atoms. The summed E-state index contributed by atoms with van der Waals surface area (Å²) in [5.41, 5.74) is 2.55. The van der Waals surface area contributed by atoms with Gasteiger partial charge in [-0.3, -0.25) is 4.79 Å². The van der Waals surface area contributed by atoms with Crippen LogP contribution in [0, 0.1) is 23.7 Å². The zero-order valence-electron chi connectivity index (χ0n) is 16.7. The number of hydrogen-bond donors (Lipinski definition) is 0. The molecule has 0 saturated carbocycles. The highest BCUT2D eigenvalue weighted by atomic mass is 16.6. The summed E-state index contributed by atoms with van der Waals surface area (Å²) < 4.78 is 5.33. The molecule has 1 aliphatic rings. The van der Waals surface area contributed by atoms with Crippen molar-refractivity contribution < 1.29 is 9.53 Å². The van der Waals surface area contributed by atoms with Crippen LogP contribution in [0.2, 0.25) is 0 Å². The average molecular weight is 353 g/mol. The molecular weight excluding hydrogens is 320 g/mol. The van der Waals surface area contributed by atoms with E-state index in [4.69, 9.17) is 4.74 Å². The van der Waals surface area contributed by atoms with Crippen molar-refractivity contribution in [2.24, 2.45) is 23.7 Å². The summed E-state index contributed by atoms with van der Waals surface area (Å²) >= 11 is 0. The van der Waals surface area contributed by atoms with E-state index in [1.165, 1.54) is 12.0 Å². The maximum absolute atomic E-state index is 11.3. The average Bonchev–Trinajstić information content (AvgIpc) is 2.91. The topological polar surface area (TPSA) is 26.3 Å². The van der Waals surface area contributed by atoms with Gasteiger partial charge in [-0.25, -0.2) is 0 Å². The lowest BCUT2D eigenvalue weighted by atomic mass is 9.90. The Morgan fingerprint density at radius 1 is 0.885 bits per heavy atom. The minimum atomic E-state index is -0.0775. The predicted octanol–water partition coefficient (Wildman–Crippen LogP) is 6.08. The van der Waals surface area contributed by atoms with Crippen LogP contribution in [-0.4, -0.2) is 5.97 Å². The van der Waals surface area contributed by atoms with Crippen molar-refractivity contribution in [3.63, 3.8) is 0 Å². The number of carbonyl (C=O) groups excluding carboxylic acids is 1.